The topological polar surface area (TPSA) is 69.3 Å². The molecule has 3 rings (SSSR count). The summed E-state index contributed by atoms with van der Waals surface area (Å²) in [5.41, 5.74) is 1.35. The molecule has 33 heavy (non-hydrogen) atoms. The van der Waals surface area contributed by atoms with E-state index < -0.39 is 0 Å². The highest BCUT2D eigenvalue weighted by atomic mass is 32.2. The number of aromatic nitrogens is 1. The summed E-state index contributed by atoms with van der Waals surface area (Å²) >= 11 is 6.83. The van der Waals surface area contributed by atoms with Gasteiger partial charge in [-0.3, -0.25) is 19.1 Å². The summed E-state index contributed by atoms with van der Waals surface area (Å²) in [6.45, 7) is 12.5. The number of hydrogen-bond acceptors (Lipinski definition) is 6. The highest BCUT2D eigenvalue weighted by Gasteiger charge is 2.35. The number of hydrogen-bond donors (Lipinski definition) is 0. The number of thioether (sulfide) groups is 1. The smallest absolute Gasteiger partial charge is 0.270 e. The molecule has 3 heterocycles. The fraction of sp³-hybridized carbons (Fsp3) is 0.600. The maximum Gasteiger partial charge on any atom is 0.270 e. The molecule has 0 bridgehead atoms. The van der Waals surface area contributed by atoms with Gasteiger partial charge in [-0.15, -0.1) is 0 Å². The monoisotopic (exact) mass is 486 g/mol. The van der Waals surface area contributed by atoms with E-state index in [0.717, 1.165) is 56.6 Å². The lowest BCUT2D eigenvalue weighted by atomic mass is 9.97. The highest BCUT2D eigenvalue weighted by Crippen LogP contribution is 2.37. The number of carbonyl (C=O) groups is 1. The fourth-order valence-electron chi connectivity index (χ4n) is 4.40. The highest BCUT2D eigenvalue weighted by molar-refractivity contribution is 8.26. The van der Waals surface area contributed by atoms with Gasteiger partial charge in [0.05, 0.1) is 4.91 Å². The van der Waals surface area contributed by atoms with E-state index in [-0.39, 0.29) is 23.1 Å². The Bertz CT molecular complexity index is 1060. The molecule has 0 radical (unpaired) electrons. The van der Waals surface area contributed by atoms with Crippen molar-refractivity contribution < 1.29 is 4.79 Å². The Balaban J connectivity index is 2.22. The van der Waals surface area contributed by atoms with Crippen LogP contribution in [0.1, 0.15) is 76.5 Å². The molecule has 0 aliphatic carbocycles. The quantitative estimate of drug-likeness (QED) is 0.396. The lowest BCUT2D eigenvalue weighted by Gasteiger charge is -2.35. The molecule has 1 atom stereocenters. The van der Waals surface area contributed by atoms with Gasteiger partial charge in [-0.2, -0.15) is 5.26 Å². The lowest BCUT2D eigenvalue weighted by Crippen LogP contribution is -2.39. The number of nitriles is 1. The standard InChI is InChI=1S/C25H34N4O2S2/c1-6-8-11-28-22(27-12-9-16(3)10-13-27)19(18(5)20(15-26)23(28)30)14-21-24(31)29(17(4)7-2)25(32)33-21/h14,16-17H,6-13H2,1-5H3/b21-14-. The van der Waals surface area contributed by atoms with Gasteiger partial charge in [0.15, 0.2) is 0 Å². The average molecular weight is 487 g/mol. The maximum absolute atomic E-state index is 13.3. The van der Waals surface area contributed by atoms with E-state index >= 15 is 0 Å². The van der Waals surface area contributed by atoms with Crippen LogP contribution in [-0.4, -0.2) is 38.8 Å². The molecule has 2 aliphatic heterocycles. The van der Waals surface area contributed by atoms with Crippen LogP contribution < -0.4 is 10.5 Å². The Labute approximate surface area is 206 Å². The molecule has 0 N–H and O–H groups in total. The van der Waals surface area contributed by atoms with Crippen molar-refractivity contribution in [2.75, 3.05) is 18.0 Å². The molecule has 2 aliphatic rings. The van der Waals surface area contributed by atoms with Gasteiger partial charge < -0.3 is 4.90 Å². The molecule has 1 aromatic rings. The van der Waals surface area contributed by atoms with E-state index in [4.69, 9.17) is 12.2 Å². The molecule has 6 nitrogen and oxygen atoms in total. The van der Waals surface area contributed by atoms with Gasteiger partial charge in [0.2, 0.25) is 0 Å². The van der Waals surface area contributed by atoms with Gasteiger partial charge in [-0.25, -0.2) is 0 Å². The summed E-state index contributed by atoms with van der Waals surface area (Å²) in [6, 6.07) is 2.16. The first-order valence-corrected chi connectivity index (χ1v) is 13.2. The van der Waals surface area contributed by atoms with E-state index in [9.17, 15) is 14.9 Å². The van der Waals surface area contributed by atoms with Crippen LogP contribution in [0.3, 0.4) is 0 Å². The maximum atomic E-state index is 13.3. The van der Waals surface area contributed by atoms with E-state index in [1.54, 1.807) is 9.47 Å². The third-order valence-corrected chi connectivity index (χ3v) is 8.13. The normalized spacial score (nSPS) is 19.5. The number of anilines is 1. The zero-order valence-electron chi connectivity index (χ0n) is 20.3. The van der Waals surface area contributed by atoms with Gasteiger partial charge in [-0.05, 0) is 57.1 Å². The van der Waals surface area contributed by atoms with Gasteiger partial charge in [0.25, 0.3) is 11.5 Å². The summed E-state index contributed by atoms with van der Waals surface area (Å²) in [7, 11) is 0. The Kier molecular flexibility index (Phi) is 8.41. The fourth-order valence-corrected chi connectivity index (χ4v) is 5.85. The number of pyridine rings is 1. The van der Waals surface area contributed by atoms with Crippen molar-refractivity contribution in [3.05, 3.63) is 31.9 Å². The Morgan fingerprint density at radius 1 is 1.27 bits per heavy atom. The number of nitrogens with zero attached hydrogens (tertiary/aromatic N) is 4. The van der Waals surface area contributed by atoms with E-state index in [2.05, 4.69) is 24.8 Å². The Morgan fingerprint density at radius 2 is 1.94 bits per heavy atom. The van der Waals surface area contributed by atoms with Crippen LogP contribution in [0.5, 0.6) is 0 Å². The van der Waals surface area contributed by atoms with Gasteiger partial charge in [-0.1, -0.05) is 51.2 Å². The summed E-state index contributed by atoms with van der Waals surface area (Å²) in [5, 5.41) is 9.81. The van der Waals surface area contributed by atoms with Crippen LogP contribution in [0.25, 0.3) is 6.08 Å². The molecular weight excluding hydrogens is 452 g/mol. The minimum atomic E-state index is -0.235. The van der Waals surface area contributed by atoms with Gasteiger partial charge in [0.1, 0.15) is 21.8 Å². The molecule has 0 saturated carbocycles. The Morgan fingerprint density at radius 3 is 2.52 bits per heavy atom. The minimum absolute atomic E-state index is 0.0285. The first-order valence-electron chi connectivity index (χ1n) is 11.9. The summed E-state index contributed by atoms with van der Waals surface area (Å²) in [6.07, 6.45) is 6.58. The van der Waals surface area contributed by atoms with Crippen molar-refractivity contribution in [2.45, 2.75) is 79.3 Å². The zero-order chi connectivity index (χ0) is 24.3. The molecule has 2 fully saturated rings. The SMILES string of the molecule is CCCCn1c(N2CCC(C)CC2)c(/C=C2\SC(=S)N(C(C)CC)C2=O)c(C)c(C#N)c1=O. The van der Waals surface area contributed by atoms with Crippen LogP contribution in [0.15, 0.2) is 9.70 Å². The summed E-state index contributed by atoms with van der Waals surface area (Å²) < 4.78 is 2.33. The number of amides is 1. The molecule has 1 unspecified atom stereocenters. The van der Waals surface area contributed by atoms with Crippen molar-refractivity contribution in [3.63, 3.8) is 0 Å². The first-order chi connectivity index (χ1) is 15.7. The molecular formula is C25H34N4O2S2. The van der Waals surface area contributed by atoms with E-state index in [1.165, 1.54) is 11.8 Å². The predicted molar refractivity (Wildman–Crippen MR) is 140 cm³/mol. The number of piperidine rings is 1. The lowest BCUT2D eigenvalue weighted by molar-refractivity contribution is -0.123. The van der Waals surface area contributed by atoms with Crippen LogP contribution in [0.2, 0.25) is 0 Å². The van der Waals surface area contributed by atoms with Crippen molar-refractivity contribution in [3.8, 4) is 6.07 Å². The number of thiocarbonyl (C=S) groups is 1. The Hall–Kier alpha value is -2.11. The second-order valence-electron chi connectivity index (χ2n) is 9.14. The molecule has 1 amide bonds. The number of rotatable bonds is 7. The first kappa shape index (κ1) is 25.5. The average Bonchev–Trinajstić information content (AvgIpc) is 3.08. The third kappa shape index (κ3) is 5.04. The van der Waals surface area contributed by atoms with Gasteiger partial charge >= 0.3 is 0 Å². The molecule has 2 saturated heterocycles. The van der Waals surface area contributed by atoms with Gasteiger partial charge in [0, 0.05) is 31.2 Å². The van der Waals surface area contributed by atoms with Crippen molar-refractivity contribution in [1.29, 1.82) is 5.26 Å². The number of unbranched alkanes of at least 4 members (excludes halogenated alkanes) is 1. The second-order valence-corrected chi connectivity index (χ2v) is 10.8. The molecule has 0 spiro atoms. The second kappa shape index (κ2) is 10.9. The molecule has 178 valence electrons. The van der Waals surface area contributed by atoms with Crippen LogP contribution in [0.4, 0.5) is 5.82 Å². The predicted octanol–water partition coefficient (Wildman–Crippen LogP) is 5.06. The summed E-state index contributed by atoms with van der Waals surface area (Å²) in [5.74, 6) is 1.39. The van der Waals surface area contributed by atoms with Crippen LogP contribution in [-0.2, 0) is 11.3 Å². The van der Waals surface area contributed by atoms with E-state index in [1.807, 2.05) is 26.8 Å². The van der Waals surface area contributed by atoms with E-state index in [0.29, 0.717) is 27.3 Å². The molecule has 1 aromatic heterocycles. The summed E-state index contributed by atoms with van der Waals surface area (Å²) in [4.78, 5) is 31.1. The largest absolute Gasteiger partial charge is 0.357 e. The minimum Gasteiger partial charge on any atom is -0.357 e. The van der Waals surface area contributed by atoms with Crippen LogP contribution in [0, 0.1) is 24.2 Å². The van der Waals surface area contributed by atoms with Crippen molar-refractivity contribution in [2.24, 2.45) is 5.92 Å². The zero-order valence-corrected chi connectivity index (χ0v) is 21.9. The third-order valence-electron chi connectivity index (χ3n) is 6.80. The van der Waals surface area contributed by atoms with Crippen LogP contribution >= 0.6 is 24.0 Å². The van der Waals surface area contributed by atoms with Crippen molar-refractivity contribution in [1.82, 2.24) is 9.47 Å². The molecule has 0 aromatic carbocycles. The van der Waals surface area contributed by atoms with Crippen molar-refractivity contribution >= 4 is 46.1 Å². The number of carbonyl (C=O) groups excluding carboxylic acids is 1. The molecule has 8 heteroatoms.